The number of fused-ring (bicyclic) bond motifs is 2. The molecule has 0 radical (unpaired) electrons. The standard InChI is InChI=1S/C23H21F3N4O3/c1-13-2-5-15(6-3-13)17-9-20(23(24,25)26)30-21(29-17)16(11-28-30)22(31)27-10-14-4-7-18-19(8-14)33-12-32-18/h2-8,11,17,20,29H,9-10,12H2,1H3,(H,27,31)/t17-,20+/m1/s1. The molecule has 0 aliphatic carbocycles. The van der Waals surface area contributed by atoms with E-state index < -0.39 is 24.2 Å². The van der Waals surface area contributed by atoms with Crippen LogP contribution in [0.25, 0.3) is 0 Å². The molecule has 172 valence electrons. The van der Waals surface area contributed by atoms with Crippen LogP contribution in [0, 0.1) is 6.92 Å². The summed E-state index contributed by atoms with van der Waals surface area (Å²) in [5, 5.41) is 9.75. The predicted molar refractivity (Wildman–Crippen MR) is 113 cm³/mol. The first-order valence-electron chi connectivity index (χ1n) is 10.4. The van der Waals surface area contributed by atoms with E-state index in [4.69, 9.17) is 9.47 Å². The van der Waals surface area contributed by atoms with Crippen molar-refractivity contribution in [3.05, 3.63) is 70.9 Å². The van der Waals surface area contributed by atoms with Crippen LogP contribution >= 0.6 is 0 Å². The van der Waals surface area contributed by atoms with Gasteiger partial charge in [0.2, 0.25) is 6.79 Å². The van der Waals surface area contributed by atoms with Gasteiger partial charge in [-0.15, -0.1) is 0 Å². The Hall–Kier alpha value is -3.69. The molecule has 2 aliphatic rings. The van der Waals surface area contributed by atoms with Gasteiger partial charge < -0.3 is 20.1 Å². The van der Waals surface area contributed by atoms with Gasteiger partial charge in [-0.05, 0) is 30.2 Å². The number of nitrogens with one attached hydrogen (secondary N) is 2. The quantitative estimate of drug-likeness (QED) is 0.602. The summed E-state index contributed by atoms with van der Waals surface area (Å²) >= 11 is 0. The molecule has 1 aromatic heterocycles. The van der Waals surface area contributed by atoms with Gasteiger partial charge in [-0.3, -0.25) is 4.79 Å². The number of aryl methyl sites for hydroxylation is 1. The first kappa shape index (κ1) is 21.2. The average Bonchev–Trinajstić information content (AvgIpc) is 3.43. The molecule has 0 saturated carbocycles. The Labute approximate surface area is 187 Å². The summed E-state index contributed by atoms with van der Waals surface area (Å²) in [4.78, 5) is 12.9. The number of nitrogens with zero attached hydrogens (tertiary/aromatic N) is 2. The van der Waals surface area contributed by atoms with Crippen LogP contribution in [0.4, 0.5) is 19.0 Å². The third-order valence-corrected chi connectivity index (χ3v) is 5.85. The highest BCUT2D eigenvalue weighted by Gasteiger charge is 2.47. The molecule has 2 N–H and O–H groups in total. The SMILES string of the molecule is Cc1ccc([C@H]2C[C@@H](C(F)(F)F)n3ncc(C(=O)NCc4ccc5c(c4)OCO5)c3N2)cc1. The molecule has 0 bridgehead atoms. The molecule has 5 rings (SSSR count). The van der Waals surface area contributed by atoms with Crippen molar-refractivity contribution in [2.45, 2.75) is 38.1 Å². The number of alkyl halides is 3. The molecule has 2 atom stereocenters. The second-order valence-corrected chi connectivity index (χ2v) is 8.12. The number of benzene rings is 2. The highest BCUT2D eigenvalue weighted by Crippen LogP contribution is 2.44. The van der Waals surface area contributed by atoms with Gasteiger partial charge >= 0.3 is 6.18 Å². The van der Waals surface area contributed by atoms with Crippen LogP contribution in [0.5, 0.6) is 11.5 Å². The molecule has 10 heteroatoms. The molecule has 2 aliphatic heterocycles. The molecule has 1 amide bonds. The highest BCUT2D eigenvalue weighted by atomic mass is 19.4. The van der Waals surface area contributed by atoms with E-state index in [-0.39, 0.29) is 31.1 Å². The third-order valence-electron chi connectivity index (χ3n) is 5.85. The van der Waals surface area contributed by atoms with Gasteiger partial charge in [0.05, 0.1) is 12.2 Å². The van der Waals surface area contributed by atoms with Crippen molar-refractivity contribution in [2.75, 3.05) is 12.1 Å². The maximum Gasteiger partial charge on any atom is 0.410 e. The van der Waals surface area contributed by atoms with Gasteiger partial charge in [-0.1, -0.05) is 35.9 Å². The van der Waals surface area contributed by atoms with E-state index in [1.165, 1.54) is 6.20 Å². The zero-order chi connectivity index (χ0) is 23.2. The van der Waals surface area contributed by atoms with Crippen LogP contribution in [0.2, 0.25) is 0 Å². The number of halogens is 3. The number of rotatable bonds is 4. The molecule has 2 aromatic carbocycles. The monoisotopic (exact) mass is 458 g/mol. The smallest absolute Gasteiger partial charge is 0.410 e. The summed E-state index contributed by atoms with van der Waals surface area (Å²) in [6.45, 7) is 2.22. The lowest BCUT2D eigenvalue weighted by Gasteiger charge is -2.34. The molecular weight excluding hydrogens is 437 g/mol. The Balaban J connectivity index is 1.39. The zero-order valence-electron chi connectivity index (χ0n) is 17.6. The lowest BCUT2D eigenvalue weighted by atomic mass is 9.96. The molecule has 0 unspecified atom stereocenters. The fourth-order valence-corrected chi connectivity index (χ4v) is 4.07. The fourth-order valence-electron chi connectivity index (χ4n) is 4.07. The summed E-state index contributed by atoms with van der Waals surface area (Å²) < 4.78 is 53.0. The van der Waals surface area contributed by atoms with Gasteiger partial charge in [0, 0.05) is 13.0 Å². The van der Waals surface area contributed by atoms with E-state index in [0.29, 0.717) is 17.1 Å². The largest absolute Gasteiger partial charge is 0.454 e. The van der Waals surface area contributed by atoms with Gasteiger partial charge in [0.15, 0.2) is 17.5 Å². The molecular formula is C23H21F3N4O3. The Bertz CT molecular complexity index is 1190. The number of ether oxygens (including phenoxy) is 2. The third kappa shape index (κ3) is 4.08. The molecule has 7 nitrogen and oxygen atoms in total. The number of anilines is 1. The van der Waals surface area contributed by atoms with Crippen LogP contribution in [-0.2, 0) is 6.54 Å². The van der Waals surface area contributed by atoms with Gasteiger partial charge in [-0.25, -0.2) is 4.68 Å². The van der Waals surface area contributed by atoms with Crippen molar-refractivity contribution in [1.82, 2.24) is 15.1 Å². The van der Waals surface area contributed by atoms with Crippen molar-refractivity contribution < 1.29 is 27.4 Å². The molecule has 0 spiro atoms. The zero-order valence-corrected chi connectivity index (χ0v) is 17.6. The normalized spacial score (nSPS) is 19.0. The topological polar surface area (TPSA) is 77.4 Å². The van der Waals surface area contributed by atoms with E-state index in [0.717, 1.165) is 15.8 Å². The first-order chi connectivity index (χ1) is 15.8. The van der Waals surface area contributed by atoms with Gasteiger partial charge in [-0.2, -0.15) is 18.3 Å². The minimum absolute atomic E-state index is 0.0531. The lowest BCUT2D eigenvalue weighted by Crippen LogP contribution is -2.36. The summed E-state index contributed by atoms with van der Waals surface area (Å²) in [6, 6.07) is 10.1. The summed E-state index contributed by atoms with van der Waals surface area (Å²) in [5.74, 6) is 0.741. The average molecular weight is 458 g/mol. The van der Waals surface area contributed by atoms with Crippen molar-refractivity contribution in [3.63, 3.8) is 0 Å². The maximum absolute atomic E-state index is 13.9. The van der Waals surface area contributed by atoms with Crippen LogP contribution in [0.15, 0.2) is 48.7 Å². The number of amides is 1. The summed E-state index contributed by atoms with van der Waals surface area (Å²) in [7, 11) is 0. The van der Waals surface area contributed by atoms with Crippen LogP contribution < -0.4 is 20.1 Å². The van der Waals surface area contributed by atoms with Crippen LogP contribution in [-0.4, -0.2) is 28.7 Å². The van der Waals surface area contributed by atoms with Crippen LogP contribution in [0.1, 0.15) is 45.6 Å². The number of hydrogen-bond acceptors (Lipinski definition) is 5. The summed E-state index contributed by atoms with van der Waals surface area (Å²) in [5.41, 5.74) is 2.55. The van der Waals surface area contributed by atoms with Crippen molar-refractivity contribution in [2.24, 2.45) is 0 Å². The molecule has 0 saturated heterocycles. The molecule has 3 heterocycles. The number of aromatic nitrogens is 2. The Kier molecular flexibility index (Phi) is 5.15. The fraction of sp³-hybridized carbons (Fsp3) is 0.304. The predicted octanol–water partition coefficient (Wildman–Crippen LogP) is 4.51. The molecule has 3 aromatic rings. The second-order valence-electron chi connectivity index (χ2n) is 8.12. The molecule has 33 heavy (non-hydrogen) atoms. The van der Waals surface area contributed by atoms with Crippen molar-refractivity contribution in [3.8, 4) is 11.5 Å². The van der Waals surface area contributed by atoms with Gasteiger partial charge in [0.1, 0.15) is 11.4 Å². The molecule has 0 fully saturated rings. The first-order valence-corrected chi connectivity index (χ1v) is 10.4. The minimum Gasteiger partial charge on any atom is -0.454 e. The Morgan fingerprint density at radius 3 is 2.70 bits per heavy atom. The number of carbonyl (C=O) groups is 1. The van der Waals surface area contributed by atoms with Crippen molar-refractivity contribution >= 4 is 11.7 Å². The second kappa shape index (κ2) is 8.02. The lowest BCUT2D eigenvalue weighted by molar-refractivity contribution is -0.173. The van der Waals surface area contributed by atoms with E-state index >= 15 is 0 Å². The Morgan fingerprint density at radius 1 is 1.18 bits per heavy atom. The van der Waals surface area contributed by atoms with E-state index in [9.17, 15) is 18.0 Å². The van der Waals surface area contributed by atoms with E-state index in [2.05, 4.69) is 15.7 Å². The minimum atomic E-state index is -4.51. The van der Waals surface area contributed by atoms with E-state index in [1.807, 2.05) is 19.1 Å². The summed E-state index contributed by atoms with van der Waals surface area (Å²) in [6.07, 6.45) is -3.56. The van der Waals surface area contributed by atoms with Crippen molar-refractivity contribution in [1.29, 1.82) is 0 Å². The number of hydrogen-bond donors (Lipinski definition) is 2. The Morgan fingerprint density at radius 2 is 1.94 bits per heavy atom. The van der Waals surface area contributed by atoms with E-state index in [1.54, 1.807) is 30.3 Å². The number of carbonyl (C=O) groups excluding carboxylic acids is 1. The van der Waals surface area contributed by atoms with Gasteiger partial charge in [0.25, 0.3) is 5.91 Å². The maximum atomic E-state index is 13.9. The van der Waals surface area contributed by atoms with Crippen LogP contribution in [0.3, 0.4) is 0 Å². The highest BCUT2D eigenvalue weighted by molar-refractivity contribution is 5.98.